The Labute approximate surface area is 102 Å². The van der Waals surface area contributed by atoms with E-state index >= 15 is 0 Å². The Hall–Kier alpha value is -1.56. The molecule has 1 aromatic carbocycles. The molecule has 0 aromatic heterocycles. The largest absolute Gasteiger partial charge is 0.416 e. The number of carbonyl (C=O) groups excluding carboxylic acids is 1. The molecular formula is C12H12F3NO2. The molecule has 1 N–H and O–H groups in total. The Balaban J connectivity index is 2.27. The highest BCUT2D eigenvalue weighted by Gasteiger charge is 2.33. The van der Waals surface area contributed by atoms with Crippen molar-refractivity contribution < 1.29 is 23.1 Å². The highest BCUT2D eigenvalue weighted by Crippen LogP contribution is 2.33. The Kier molecular flexibility index (Phi) is 3.30. The summed E-state index contributed by atoms with van der Waals surface area (Å²) in [7, 11) is 0. The van der Waals surface area contributed by atoms with Crippen LogP contribution in [0.3, 0.4) is 0 Å². The summed E-state index contributed by atoms with van der Waals surface area (Å²) in [5.41, 5.74) is -0.550. The number of nitrogens with zero attached hydrogens (tertiary/aromatic N) is 1. The monoisotopic (exact) mass is 259 g/mol. The molecular weight excluding hydrogens is 247 g/mol. The van der Waals surface area contributed by atoms with Crippen molar-refractivity contribution >= 4 is 11.6 Å². The quantitative estimate of drug-likeness (QED) is 0.883. The first kappa shape index (κ1) is 12.9. The molecule has 0 spiro atoms. The van der Waals surface area contributed by atoms with Crippen LogP contribution in [0, 0.1) is 5.92 Å². The van der Waals surface area contributed by atoms with Crippen molar-refractivity contribution in [3.8, 4) is 0 Å². The number of amides is 1. The van der Waals surface area contributed by atoms with Gasteiger partial charge in [0, 0.05) is 31.2 Å². The molecule has 1 unspecified atom stereocenters. The molecule has 0 bridgehead atoms. The van der Waals surface area contributed by atoms with Gasteiger partial charge in [-0.3, -0.25) is 4.79 Å². The minimum Gasteiger partial charge on any atom is -0.396 e. The predicted molar refractivity (Wildman–Crippen MR) is 59.0 cm³/mol. The van der Waals surface area contributed by atoms with Crippen LogP contribution in [0.15, 0.2) is 24.3 Å². The fraction of sp³-hybridized carbons (Fsp3) is 0.417. The van der Waals surface area contributed by atoms with Crippen LogP contribution in [0.2, 0.25) is 0 Å². The number of benzene rings is 1. The molecule has 18 heavy (non-hydrogen) atoms. The molecule has 1 heterocycles. The van der Waals surface area contributed by atoms with Crippen LogP contribution in [0.5, 0.6) is 0 Å². The minimum absolute atomic E-state index is 0.138. The van der Waals surface area contributed by atoms with E-state index in [0.717, 1.165) is 12.1 Å². The number of alkyl halides is 3. The Morgan fingerprint density at radius 3 is 2.67 bits per heavy atom. The van der Waals surface area contributed by atoms with Gasteiger partial charge < -0.3 is 10.0 Å². The number of aliphatic hydroxyl groups excluding tert-OH is 1. The van der Waals surface area contributed by atoms with Gasteiger partial charge in [-0.1, -0.05) is 6.07 Å². The normalized spacial score (nSPS) is 20.6. The van der Waals surface area contributed by atoms with Crippen LogP contribution in [0.4, 0.5) is 18.9 Å². The van der Waals surface area contributed by atoms with Crippen LogP contribution in [-0.4, -0.2) is 24.2 Å². The van der Waals surface area contributed by atoms with Gasteiger partial charge >= 0.3 is 6.18 Å². The van der Waals surface area contributed by atoms with Gasteiger partial charge in [0.2, 0.25) is 5.91 Å². The third kappa shape index (κ3) is 2.48. The van der Waals surface area contributed by atoms with Crippen molar-refractivity contribution in [2.45, 2.75) is 12.6 Å². The van der Waals surface area contributed by atoms with E-state index in [1.807, 2.05) is 0 Å². The maximum Gasteiger partial charge on any atom is 0.416 e. The highest BCUT2D eigenvalue weighted by atomic mass is 19.4. The molecule has 2 rings (SSSR count). The summed E-state index contributed by atoms with van der Waals surface area (Å²) in [5.74, 6) is -0.458. The van der Waals surface area contributed by atoms with Crippen molar-refractivity contribution in [1.82, 2.24) is 0 Å². The van der Waals surface area contributed by atoms with Gasteiger partial charge in [0.15, 0.2) is 0 Å². The SMILES string of the molecule is O=C1CC(CO)CN1c1cccc(C(F)(F)F)c1. The van der Waals surface area contributed by atoms with Crippen molar-refractivity contribution in [2.24, 2.45) is 5.92 Å². The molecule has 98 valence electrons. The molecule has 6 heteroatoms. The molecule has 0 radical (unpaired) electrons. The molecule has 1 aliphatic rings. The lowest BCUT2D eigenvalue weighted by Crippen LogP contribution is -2.25. The van der Waals surface area contributed by atoms with E-state index in [1.54, 1.807) is 0 Å². The van der Waals surface area contributed by atoms with E-state index < -0.39 is 11.7 Å². The summed E-state index contributed by atoms with van der Waals surface area (Å²) in [6.45, 7) is 0.123. The first-order chi connectivity index (χ1) is 8.41. The summed E-state index contributed by atoms with van der Waals surface area (Å²) in [4.78, 5) is 12.9. The number of carbonyl (C=O) groups is 1. The highest BCUT2D eigenvalue weighted by molar-refractivity contribution is 5.95. The maximum absolute atomic E-state index is 12.6. The second kappa shape index (κ2) is 4.61. The van der Waals surface area contributed by atoms with Crippen molar-refractivity contribution in [1.29, 1.82) is 0 Å². The van der Waals surface area contributed by atoms with E-state index in [9.17, 15) is 18.0 Å². The van der Waals surface area contributed by atoms with Gasteiger partial charge in [-0.05, 0) is 18.2 Å². The zero-order chi connectivity index (χ0) is 13.3. The number of hydrogen-bond donors (Lipinski definition) is 1. The third-order valence-corrected chi connectivity index (χ3v) is 2.95. The minimum atomic E-state index is -4.42. The maximum atomic E-state index is 12.6. The molecule has 0 saturated carbocycles. The summed E-state index contributed by atoms with van der Waals surface area (Å²) < 4.78 is 37.7. The van der Waals surface area contributed by atoms with Crippen LogP contribution in [-0.2, 0) is 11.0 Å². The first-order valence-electron chi connectivity index (χ1n) is 5.50. The van der Waals surface area contributed by atoms with Crippen molar-refractivity contribution in [3.63, 3.8) is 0 Å². The zero-order valence-corrected chi connectivity index (χ0v) is 9.44. The second-order valence-electron chi connectivity index (χ2n) is 4.31. The van der Waals surface area contributed by atoms with Crippen LogP contribution < -0.4 is 4.90 Å². The second-order valence-corrected chi connectivity index (χ2v) is 4.31. The molecule has 1 saturated heterocycles. The average molecular weight is 259 g/mol. The summed E-state index contributed by atoms with van der Waals surface area (Å²) >= 11 is 0. The van der Waals surface area contributed by atoms with Gasteiger partial charge in [-0.25, -0.2) is 0 Å². The van der Waals surface area contributed by atoms with Crippen LogP contribution in [0.25, 0.3) is 0 Å². The lowest BCUT2D eigenvalue weighted by Gasteiger charge is -2.18. The van der Waals surface area contributed by atoms with E-state index in [4.69, 9.17) is 5.11 Å². The molecule has 1 atom stereocenters. The standard InChI is InChI=1S/C12H12F3NO2/c13-12(14,15)9-2-1-3-10(5-9)16-6-8(7-17)4-11(16)18/h1-3,5,8,17H,4,6-7H2. The Morgan fingerprint density at radius 1 is 1.39 bits per heavy atom. The van der Waals surface area contributed by atoms with Crippen LogP contribution in [0.1, 0.15) is 12.0 Å². The Morgan fingerprint density at radius 2 is 2.11 bits per heavy atom. The summed E-state index contributed by atoms with van der Waals surface area (Å²) in [5, 5.41) is 8.97. The number of aliphatic hydroxyl groups is 1. The first-order valence-corrected chi connectivity index (χ1v) is 5.50. The summed E-state index contributed by atoms with van der Waals surface area (Å²) in [6, 6.07) is 4.66. The van der Waals surface area contributed by atoms with Gasteiger partial charge in [-0.2, -0.15) is 13.2 Å². The smallest absolute Gasteiger partial charge is 0.396 e. The lowest BCUT2D eigenvalue weighted by molar-refractivity contribution is -0.137. The molecule has 1 fully saturated rings. The number of anilines is 1. The van der Waals surface area contributed by atoms with Crippen LogP contribution >= 0.6 is 0 Å². The van der Waals surface area contributed by atoms with Crippen molar-refractivity contribution in [3.05, 3.63) is 29.8 Å². The van der Waals surface area contributed by atoms with Gasteiger partial charge in [-0.15, -0.1) is 0 Å². The van der Waals surface area contributed by atoms with E-state index in [-0.39, 0.29) is 37.1 Å². The summed E-state index contributed by atoms with van der Waals surface area (Å²) in [6.07, 6.45) is -4.25. The number of rotatable bonds is 2. The van der Waals surface area contributed by atoms with Gasteiger partial charge in [0.1, 0.15) is 0 Å². The van der Waals surface area contributed by atoms with Gasteiger partial charge in [0.05, 0.1) is 5.56 Å². The molecule has 1 amide bonds. The van der Waals surface area contributed by atoms with E-state index in [0.29, 0.717) is 0 Å². The number of hydrogen-bond acceptors (Lipinski definition) is 2. The zero-order valence-electron chi connectivity index (χ0n) is 9.44. The lowest BCUT2D eigenvalue weighted by atomic mass is 10.1. The third-order valence-electron chi connectivity index (χ3n) is 2.95. The van der Waals surface area contributed by atoms with Crippen molar-refractivity contribution in [2.75, 3.05) is 18.1 Å². The van der Waals surface area contributed by atoms with E-state index in [1.165, 1.54) is 17.0 Å². The topological polar surface area (TPSA) is 40.5 Å². The van der Waals surface area contributed by atoms with E-state index in [2.05, 4.69) is 0 Å². The predicted octanol–water partition coefficient (Wildman–Crippen LogP) is 2.05. The molecule has 3 nitrogen and oxygen atoms in total. The average Bonchev–Trinajstić information content (AvgIpc) is 2.70. The molecule has 0 aliphatic carbocycles. The fourth-order valence-corrected chi connectivity index (χ4v) is 2.00. The molecule has 1 aliphatic heterocycles. The number of halogens is 3. The molecule has 1 aromatic rings. The Bertz CT molecular complexity index is 459. The van der Waals surface area contributed by atoms with Gasteiger partial charge in [0.25, 0.3) is 0 Å². The fourth-order valence-electron chi connectivity index (χ4n) is 2.00.